The van der Waals surface area contributed by atoms with Crippen LogP contribution in [0.2, 0.25) is 0 Å². The maximum atomic E-state index is 6.34. The fraction of sp³-hybridized carbons (Fsp3) is 0.588. The number of aromatic nitrogens is 1. The Morgan fingerprint density at radius 1 is 1.29 bits per heavy atom. The zero-order valence-electron chi connectivity index (χ0n) is 12.5. The van der Waals surface area contributed by atoms with Crippen molar-refractivity contribution in [3.05, 3.63) is 29.3 Å². The lowest BCUT2D eigenvalue weighted by Crippen LogP contribution is -2.38. The number of nitrogens with zero attached hydrogens (tertiary/aromatic N) is 2. The Kier molecular flexibility index (Phi) is 3.48. The second kappa shape index (κ2) is 5.34. The summed E-state index contributed by atoms with van der Waals surface area (Å²) in [7, 11) is 0. The van der Waals surface area contributed by atoms with Crippen LogP contribution >= 0.6 is 11.3 Å². The van der Waals surface area contributed by atoms with Crippen LogP contribution in [0.3, 0.4) is 0 Å². The van der Waals surface area contributed by atoms with Crippen molar-refractivity contribution in [2.24, 2.45) is 17.6 Å². The molecule has 3 nitrogen and oxygen atoms in total. The van der Waals surface area contributed by atoms with Crippen molar-refractivity contribution in [2.45, 2.75) is 38.3 Å². The zero-order valence-corrected chi connectivity index (χ0v) is 13.4. The number of hydrogen-bond acceptors (Lipinski definition) is 4. The Bertz CT molecular complexity index is 605. The molecule has 0 spiro atoms. The van der Waals surface area contributed by atoms with E-state index < -0.39 is 0 Å². The average molecular weight is 301 g/mol. The Hall–Kier alpha value is -0.970. The van der Waals surface area contributed by atoms with Crippen LogP contribution in [0, 0.1) is 11.8 Å². The molecule has 21 heavy (non-hydrogen) atoms. The summed E-state index contributed by atoms with van der Waals surface area (Å²) in [4.78, 5) is 7.45. The molecule has 1 saturated heterocycles. The van der Waals surface area contributed by atoms with E-state index in [1.54, 1.807) is 0 Å². The molecule has 4 heteroatoms. The van der Waals surface area contributed by atoms with Gasteiger partial charge in [0.2, 0.25) is 0 Å². The number of para-hydroxylation sites is 1. The standard InChI is InChI=1S/C17H23N3S/c1-11(17-19-15-7-2-3-8-16(15)21-17)20-9-12-5-4-6-14(18)13(12)10-20/h2-3,7-8,11-14H,4-6,9-10,18H2,1H3. The lowest BCUT2D eigenvalue weighted by Gasteiger charge is -2.30. The van der Waals surface area contributed by atoms with Gasteiger partial charge in [-0.05, 0) is 43.7 Å². The number of benzene rings is 1. The van der Waals surface area contributed by atoms with Crippen LogP contribution in [-0.2, 0) is 0 Å². The Balaban J connectivity index is 1.56. The van der Waals surface area contributed by atoms with Gasteiger partial charge in [0.15, 0.2) is 0 Å². The van der Waals surface area contributed by atoms with Gasteiger partial charge < -0.3 is 5.73 Å². The van der Waals surface area contributed by atoms with E-state index >= 15 is 0 Å². The Morgan fingerprint density at radius 2 is 2.14 bits per heavy atom. The van der Waals surface area contributed by atoms with Crippen LogP contribution in [0.25, 0.3) is 10.2 Å². The monoisotopic (exact) mass is 301 g/mol. The Morgan fingerprint density at radius 3 is 2.95 bits per heavy atom. The summed E-state index contributed by atoms with van der Waals surface area (Å²) < 4.78 is 1.30. The van der Waals surface area contributed by atoms with E-state index in [1.807, 2.05) is 11.3 Å². The molecule has 1 saturated carbocycles. The van der Waals surface area contributed by atoms with Gasteiger partial charge in [0, 0.05) is 19.1 Å². The number of thiazole rings is 1. The fourth-order valence-corrected chi connectivity index (χ4v) is 5.15. The first-order chi connectivity index (χ1) is 10.2. The number of fused-ring (bicyclic) bond motifs is 2. The summed E-state index contributed by atoms with van der Waals surface area (Å²) in [5.41, 5.74) is 7.48. The normalized spacial score (nSPS) is 31.4. The molecule has 1 aromatic carbocycles. The van der Waals surface area contributed by atoms with Crippen molar-refractivity contribution in [3.8, 4) is 0 Å². The van der Waals surface area contributed by atoms with Crippen LogP contribution in [-0.4, -0.2) is 29.0 Å². The Labute approximate surface area is 130 Å². The predicted octanol–water partition coefficient (Wildman–Crippen LogP) is 3.42. The first-order valence-electron chi connectivity index (χ1n) is 8.07. The molecular formula is C17H23N3S. The van der Waals surface area contributed by atoms with Crippen LogP contribution in [0.1, 0.15) is 37.2 Å². The molecule has 112 valence electrons. The maximum Gasteiger partial charge on any atom is 0.111 e. The number of nitrogens with two attached hydrogens (primary N) is 1. The maximum absolute atomic E-state index is 6.34. The minimum atomic E-state index is 0.413. The quantitative estimate of drug-likeness (QED) is 0.924. The second-order valence-corrected chi connectivity index (χ2v) is 7.73. The molecule has 2 aromatic rings. The first kappa shape index (κ1) is 13.7. The van der Waals surface area contributed by atoms with E-state index in [1.165, 1.54) is 35.5 Å². The van der Waals surface area contributed by atoms with Gasteiger partial charge >= 0.3 is 0 Å². The summed E-state index contributed by atoms with van der Waals surface area (Å²) in [6, 6.07) is 9.28. The van der Waals surface area contributed by atoms with E-state index in [9.17, 15) is 0 Å². The third-order valence-corrected chi connectivity index (χ3v) is 6.60. The lowest BCUT2D eigenvalue weighted by molar-refractivity contribution is 0.245. The van der Waals surface area contributed by atoms with Gasteiger partial charge in [-0.1, -0.05) is 18.6 Å². The van der Waals surface area contributed by atoms with E-state index in [0.717, 1.165) is 18.0 Å². The molecule has 1 aromatic heterocycles. The molecular weight excluding hydrogens is 278 g/mol. The highest BCUT2D eigenvalue weighted by atomic mass is 32.1. The van der Waals surface area contributed by atoms with Crippen molar-refractivity contribution >= 4 is 21.6 Å². The van der Waals surface area contributed by atoms with Gasteiger partial charge in [0.25, 0.3) is 0 Å². The van der Waals surface area contributed by atoms with E-state index in [-0.39, 0.29) is 0 Å². The van der Waals surface area contributed by atoms with Crippen LogP contribution in [0.4, 0.5) is 0 Å². The lowest BCUT2D eigenvalue weighted by atomic mass is 9.78. The molecule has 2 N–H and O–H groups in total. The minimum Gasteiger partial charge on any atom is -0.327 e. The van der Waals surface area contributed by atoms with Crippen molar-refractivity contribution in [2.75, 3.05) is 13.1 Å². The van der Waals surface area contributed by atoms with Crippen LogP contribution < -0.4 is 5.73 Å². The first-order valence-corrected chi connectivity index (χ1v) is 8.89. The van der Waals surface area contributed by atoms with Crippen molar-refractivity contribution in [1.29, 1.82) is 0 Å². The highest BCUT2D eigenvalue weighted by Crippen LogP contribution is 2.40. The summed E-state index contributed by atoms with van der Waals surface area (Å²) in [6.07, 6.45) is 3.89. The minimum absolute atomic E-state index is 0.413. The summed E-state index contributed by atoms with van der Waals surface area (Å²) in [5.74, 6) is 1.51. The van der Waals surface area contributed by atoms with Gasteiger partial charge in [-0.25, -0.2) is 4.98 Å². The van der Waals surface area contributed by atoms with E-state index in [2.05, 4.69) is 36.1 Å². The van der Waals surface area contributed by atoms with Crippen molar-refractivity contribution in [1.82, 2.24) is 9.88 Å². The molecule has 1 aliphatic carbocycles. The molecule has 0 amide bonds. The second-order valence-electron chi connectivity index (χ2n) is 6.67. The molecule has 4 unspecified atom stereocenters. The fourth-order valence-electron chi connectivity index (χ4n) is 4.09. The average Bonchev–Trinajstić information content (AvgIpc) is 3.11. The molecule has 2 heterocycles. The molecule has 2 aliphatic rings. The summed E-state index contributed by atoms with van der Waals surface area (Å²) >= 11 is 1.84. The summed E-state index contributed by atoms with van der Waals surface area (Å²) in [5, 5.41) is 1.25. The van der Waals surface area contributed by atoms with Gasteiger partial charge in [-0.2, -0.15) is 0 Å². The van der Waals surface area contributed by atoms with Crippen LogP contribution in [0.15, 0.2) is 24.3 Å². The van der Waals surface area contributed by atoms with E-state index in [0.29, 0.717) is 18.0 Å². The summed E-state index contributed by atoms with van der Waals surface area (Å²) in [6.45, 7) is 4.67. The van der Waals surface area contributed by atoms with E-state index in [4.69, 9.17) is 10.7 Å². The third-order valence-electron chi connectivity index (χ3n) is 5.40. The van der Waals surface area contributed by atoms with Crippen LogP contribution in [0.5, 0.6) is 0 Å². The molecule has 0 bridgehead atoms. The zero-order chi connectivity index (χ0) is 14.4. The largest absolute Gasteiger partial charge is 0.327 e. The molecule has 1 aliphatic heterocycles. The number of likely N-dealkylation sites (tertiary alicyclic amines) is 1. The van der Waals surface area contributed by atoms with Crippen molar-refractivity contribution < 1.29 is 0 Å². The highest BCUT2D eigenvalue weighted by molar-refractivity contribution is 7.18. The molecule has 2 fully saturated rings. The van der Waals surface area contributed by atoms with Gasteiger partial charge in [-0.3, -0.25) is 4.90 Å². The smallest absolute Gasteiger partial charge is 0.111 e. The molecule has 4 rings (SSSR count). The van der Waals surface area contributed by atoms with Gasteiger partial charge in [0.1, 0.15) is 5.01 Å². The topological polar surface area (TPSA) is 42.2 Å². The van der Waals surface area contributed by atoms with Gasteiger partial charge in [-0.15, -0.1) is 11.3 Å². The predicted molar refractivity (Wildman–Crippen MR) is 88.4 cm³/mol. The third kappa shape index (κ3) is 2.39. The molecule has 4 atom stereocenters. The highest BCUT2D eigenvalue weighted by Gasteiger charge is 2.40. The number of hydrogen-bond donors (Lipinski definition) is 1. The SMILES string of the molecule is CC(c1nc2ccccc2s1)N1CC2CCCC(N)C2C1. The van der Waals surface area contributed by atoms with Crippen molar-refractivity contribution in [3.63, 3.8) is 0 Å². The molecule has 0 radical (unpaired) electrons. The number of rotatable bonds is 2. The van der Waals surface area contributed by atoms with Gasteiger partial charge in [0.05, 0.1) is 16.3 Å².